The number of anilines is 5. The number of carbonyl (C=O) groups excluding carboxylic acids is 2. The zero-order valence-corrected chi connectivity index (χ0v) is 53.7. The first-order valence-electron chi connectivity index (χ1n) is 29.6. The van der Waals surface area contributed by atoms with Gasteiger partial charge in [0.25, 0.3) is 5.91 Å². The molecule has 0 radical (unpaired) electrons. The Morgan fingerprint density at radius 1 is 0.536 bits per heavy atom. The Bertz CT molecular complexity index is 3670. The smallest absolute Gasteiger partial charge is 0.870 e. The van der Waals surface area contributed by atoms with Crippen molar-refractivity contribution in [3.63, 3.8) is 0 Å². The molecule has 8 aromatic rings. The molecule has 8 aromatic heterocycles. The molecule has 3 fully saturated rings. The number of rotatable bonds is 14. The number of hydrogen-bond acceptors (Lipinski definition) is 21. The van der Waals surface area contributed by atoms with Crippen molar-refractivity contribution in [2.45, 2.75) is 84.0 Å². The average Bonchev–Trinajstić information content (AvgIpc) is 1.15. The van der Waals surface area contributed by atoms with E-state index in [2.05, 4.69) is 75.5 Å². The minimum Gasteiger partial charge on any atom is -0.870 e. The van der Waals surface area contributed by atoms with Crippen molar-refractivity contribution in [2.75, 3.05) is 98.4 Å². The van der Waals surface area contributed by atoms with E-state index < -0.39 is 47.2 Å². The summed E-state index contributed by atoms with van der Waals surface area (Å²) in [6.45, 7) is 15.2. The topological polar surface area (TPSA) is 339 Å². The van der Waals surface area contributed by atoms with E-state index in [0.29, 0.717) is 119 Å². The summed E-state index contributed by atoms with van der Waals surface area (Å²) in [4.78, 5) is 67.7. The van der Waals surface area contributed by atoms with Gasteiger partial charge in [0, 0.05) is 175 Å². The number of carboxylic acid groups (broad SMARTS) is 1. The van der Waals surface area contributed by atoms with Crippen molar-refractivity contribution >= 4 is 46.7 Å². The predicted molar refractivity (Wildman–Crippen MR) is 334 cm³/mol. The van der Waals surface area contributed by atoms with Crippen molar-refractivity contribution in [3.05, 3.63) is 173 Å². The number of hydrogen-bond donors (Lipinski definition) is 7. The minimum atomic E-state index is -4.40. The number of halogens is 9. The third-order valence-corrected chi connectivity index (χ3v) is 15.1. The Morgan fingerprint density at radius 3 is 1.19 bits per heavy atom. The third-order valence-electron chi connectivity index (χ3n) is 15.1. The van der Waals surface area contributed by atoms with Crippen molar-refractivity contribution in [1.29, 1.82) is 0 Å². The molecule has 518 valence electrons. The summed E-state index contributed by atoms with van der Waals surface area (Å²) in [5.74, 6) is -0.237. The normalized spacial score (nSPS) is 16.8. The van der Waals surface area contributed by atoms with Crippen molar-refractivity contribution in [1.82, 2.24) is 70.2 Å². The Morgan fingerprint density at radius 2 is 0.876 bits per heavy atom. The van der Waals surface area contributed by atoms with E-state index in [1.807, 2.05) is 35.5 Å². The van der Waals surface area contributed by atoms with Gasteiger partial charge in [-0.25, -0.2) is 24.5 Å². The fraction of sp³-hybridized carbons (Fsp3) is 0.393. The summed E-state index contributed by atoms with van der Waals surface area (Å²) in [5, 5.41) is 38.6. The number of amides is 1. The van der Waals surface area contributed by atoms with E-state index in [0.717, 1.165) is 60.7 Å². The number of nitrogens with one attached hydrogen (secondary N) is 4. The van der Waals surface area contributed by atoms with Crippen LogP contribution in [0.25, 0.3) is 0 Å². The number of carbonyl (C=O) groups is 3. The number of H-pyrrole nitrogens is 3. The van der Waals surface area contributed by atoms with Crippen LogP contribution in [0.3, 0.4) is 0 Å². The molecule has 0 unspecified atom stereocenters. The predicted octanol–water partition coefficient (Wildman–Crippen LogP) is 5.22. The Balaban J connectivity index is 0.000000245. The van der Waals surface area contributed by atoms with Crippen molar-refractivity contribution < 1.29 is 93.2 Å². The molecule has 3 aliphatic rings. The van der Waals surface area contributed by atoms with Crippen LogP contribution >= 0.6 is 0 Å². The maximum absolute atomic E-state index is 12.8. The Labute approximate surface area is 563 Å². The molecule has 3 atom stereocenters. The van der Waals surface area contributed by atoms with Gasteiger partial charge in [-0.3, -0.25) is 44.8 Å². The number of aromatic nitrogens is 11. The molecule has 3 aliphatic heterocycles. The Hall–Kier alpha value is -9.24. The van der Waals surface area contributed by atoms with Gasteiger partial charge in [0.2, 0.25) is 0 Å². The van der Waals surface area contributed by atoms with Crippen LogP contribution in [0.2, 0.25) is 0 Å². The maximum atomic E-state index is 12.8. The molecule has 0 spiro atoms. The molecule has 0 saturated carbocycles. The van der Waals surface area contributed by atoms with Crippen LogP contribution in [0.4, 0.5) is 68.3 Å². The first-order chi connectivity index (χ1) is 45.2. The van der Waals surface area contributed by atoms with E-state index in [9.17, 15) is 53.9 Å². The number of aliphatic hydroxyl groups is 1. The third kappa shape index (κ3) is 22.4. The van der Waals surface area contributed by atoms with E-state index in [1.54, 1.807) is 68.4 Å². The Kier molecular flexibility index (Phi) is 29.3. The number of esters is 1. The molecule has 0 aromatic carbocycles. The number of nitrogens with zero attached hydrogens (tertiary/aromatic N) is 14. The van der Waals surface area contributed by atoms with Gasteiger partial charge in [-0.05, 0) is 88.4 Å². The van der Waals surface area contributed by atoms with Gasteiger partial charge in [-0.15, -0.1) is 0 Å². The number of alkyl halides is 9. The van der Waals surface area contributed by atoms with Crippen LogP contribution in [0.5, 0.6) is 0 Å². The van der Waals surface area contributed by atoms with E-state index in [4.69, 9.17) is 20.7 Å². The number of pyridine rings is 5. The number of aromatic carboxylic acids is 1. The van der Waals surface area contributed by atoms with Crippen LogP contribution in [-0.2, 0) is 42.9 Å². The summed E-state index contributed by atoms with van der Waals surface area (Å²) in [6.07, 6.45) is 0.643. The summed E-state index contributed by atoms with van der Waals surface area (Å²) >= 11 is 0. The first-order valence-corrected chi connectivity index (χ1v) is 29.6. The molecule has 0 aliphatic carbocycles. The van der Waals surface area contributed by atoms with E-state index >= 15 is 0 Å². The van der Waals surface area contributed by atoms with Gasteiger partial charge in [0.05, 0.1) is 41.9 Å². The van der Waals surface area contributed by atoms with Crippen molar-refractivity contribution in [3.8, 4) is 0 Å². The molecule has 97 heavy (non-hydrogen) atoms. The van der Waals surface area contributed by atoms with Crippen LogP contribution in [0.15, 0.2) is 123 Å². The van der Waals surface area contributed by atoms with Crippen LogP contribution in [-0.4, -0.2) is 194 Å². The van der Waals surface area contributed by atoms with Gasteiger partial charge in [0.1, 0.15) is 34.5 Å². The standard InChI is InChI=1S/C21H22F3N7O.C18H22F3N5O2.C16H18F3N5O2.C5H6N2.CH4O.Li.H2O/c1-14-12-30(8-9-31(14)18-3-2-16(11-26-18)21(22,23)24)13-15-10-27-29-19(15)20(32)28-17-4-6-25-7-5-17;1-3-28-17(27)16-13(8-23-24-16)11-25-6-7-26(12(2)10-25)15-5-4-14(9-22-15)18(19,20)21;1-10-8-23(9-11-6-21-22-14(11)15(25)26)4-5-24(10)13-3-2-12(7-20-13)16(17,18)19;6-5-1-3-7-4-2-5;1-2;;/h2-7,10-11,14H,8-9,12-13H2,1H3,(H,27,29)(H,25,28,32);4-5,8-9,12H,3,6-7,10-11H2,1-2H3,(H,23,24);2-3,6-7,10H,4-5,8-9H2,1H3,(H,21,22)(H,25,26);1-4H,(H2,6,7);2H,1H3;;1H2/q;;;;;+1;/p-1/t14-;12-;10-;;;;/m111..../s1. The van der Waals surface area contributed by atoms with Gasteiger partial charge < -0.3 is 46.2 Å². The fourth-order valence-corrected chi connectivity index (χ4v) is 10.5. The summed E-state index contributed by atoms with van der Waals surface area (Å²) < 4.78 is 119. The second-order valence-corrected chi connectivity index (χ2v) is 21.8. The van der Waals surface area contributed by atoms with E-state index in [1.165, 1.54) is 24.4 Å². The molecule has 11 rings (SSSR count). The zero-order chi connectivity index (χ0) is 69.0. The minimum absolute atomic E-state index is 0. The van der Waals surface area contributed by atoms with Crippen LogP contribution in [0, 0.1) is 0 Å². The maximum Gasteiger partial charge on any atom is 1.00 e. The number of aliphatic hydroxyl groups excluding tert-OH is 1. The summed E-state index contributed by atoms with van der Waals surface area (Å²) in [7, 11) is 1.00. The molecule has 3 saturated heterocycles. The van der Waals surface area contributed by atoms with Gasteiger partial charge in [-0.1, -0.05) is 0 Å². The van der Waals surface area contributed by atoms with Crippen LogP contribution in [0.1, 0.15) is 92.5 Å². The number of nitrogens with two attached hydrogens (primary N) is 1. The average molecular weight is 1360 g/mol. The van der Waals surface area contributed by atoms with Crippen molar-refractivity contribution in [2.24, 2.45) is 0 Å². The summed E-state index contributed by atoms with van der Waals surface area (Å²) in [5.41, 5.74) is 7.37. The second-order valence-electron chi connectivity index (χ2n) is 21.8. The number of nitrogen functional groups attached to an aromatic ring is 1. The summed E-state index contributed by atoms with van der Waals surface area (Å²) in [6, 6.07) is 14.3. The largest absolute Gasteiger partial charge is 1.00 e. The van der Waals surface area contributed by atoms with Gasteiger partial charge in [0.15, 0.2) is 0 Å². The number of aromatic amines is 3. The molecule has 0 bridgehead atoms. The van der Waals surface area contributed by atoms with Crippen LogP contribution < -0.4 is 44.6 Å². The molecular weight excluding hydrogens is 1290 g/mol. The molecular formula is C61H73F9LiN19O7. The molecule has 36 heteroatoms. The SMILES string of the molecule is CCOC(=O)c1[nH]ncc1CN1CCN(c2ccc(C(F)(F)F)cn2)[C@H](C)C1.CO.C[C@@H]1CN(Cc2cn[nH]c2C(=O)Nc2ccncc2)CCN1c1ccc(C(F)(F)F)cn1.C[C@@H]1CN(Cc2cn[nH]c2C(=O)O)CCN1c1ccc(C(F)(F)F)cn1.Nc1ccncc1.[Li+].[OH-]. The molecule has 9 N–H and O–H groups in total. The second kappa shape index (κ2) is 36.2. The number of piperazine rings is 3. The molecule has 1 amide bonds. The first kappa shape index (κ1) is 78.5. The monoisotopic (exact) mass is 1360 g/mol. The molecule has 26 nitrogen and oxygen atoms in total. The van der Waals surface area contributed by atoms with Gasteiger partial charge >= 0.3 is 49.3 Å². The molecule has 11 heterocycles. The van der Waals surface area contributed by atoms with E-state index in [-0.39, 0.29) is 60.7 Å². The zero-order valence-electron chi connectivity index (χ0n) is 53.7. The fourth-order valence-electron chi connectivity index (χ4n) is 10.5. The number of carboxylic acids is 1. The quantitative estimate of drug-likeness (QED) is 0.0416. The number of ether oxygens (including phenoxy) is 1. The van der Waals surface area contributed by atoms with Gasteiger partial charge in [-0.2, -0.15) is 54.8 Å².